The zero-order chi connectivity index (χ0) is 18.7. The van der Waals surface area contributed by atoms with Gasteiger partial charge in [-0.05, 0) is 56.0 Å². The molecule has 7 heteroatoms. The minimum atomic E-state index is -0.482. The Bertz CT molecular complexity index is 803. The van der Waals surface area contributed by atoms with Gasteiger partial charge in [-0.1, -0.05) is 6.07 Å². The van der Waals surface area contributed by atoms with Crippen molar-refractivity contribution in [3.8, 4) is 5.75 Å². The summed E-state index contributed by atoms with van der Waals surface area (Å²) in [5.41, 5.74) is 1.09. The molecule has 1 aliphatic carbocycles. The molecule has 26 heavy (non-hydrogen) atoms. The molecule has 0 bridgehead atoms. The van der Waals surface area contributed by atoms with E-state index >= 15 is 0 Å². The van der Waals surface area contributed by atoms with Gasteiger partial charge in [0, 0.05) is 29.5 Å². The minimum Gasteiger partial charge on any atom is -0.497 e. The van der Waals surface area contributed by atoms with E-state index in [0.717, 1.165) is 18.5 Å². The number of non-ortho nitro benzene ring substituents is 1. The van der Waals surface area contributed by atoms with E-state index in [4.69, 9.17) is 4.74 Å². The second-order valence-electron chi connectivity index (χ2n) is 6.38. The number of hydrogen-bond donors (Lipinski definition) is 1. The Morgan fingerprint density at radius 2 is 1.96 bits per heavy atom. The number of carbonyl (C=O) groups is 1. The number of benzene rings is 2. The predicted octanol–water partition coefficient (Wildman–Crippen LogP) is 4.44. The van der Waals surface area contributed by atoms with E-state index in [1.165, 1.54) is 12.1 Å². The van der Waals surface area contributed by atoms with Crippen LogP contribution in [0.2, 0.25) is 0 Å². The molecule has 7 nitrogen and oxygen atoms in total. The van der Waals surface area contributed by atoms with Crippen LogP contribution in [0.1, 0.15) is 19.8 Å². The van der Waals surface area contributed by atoms with Crippen molar-refractivity contribution in [1.82, 2.24) is 0 Å². The monoisotopic (exact) mass is 355 g/mol. The summed E-state index contributed by atoms with van der Waals surface area (Å²) in [6, 6.07) is 12.9. The van der Waals surface area contributed by atoms with Crippen LogP contribution in [-0.2, 0) is 0 Å². The van der Waals surface area contributed by atoms with Gasteiger partial charge in [-0.25, -0.2) is 4.79 Å². The number of carbonyl (C=O) groups excluding carboxylic acids is 1. The highest BCUT2D eigenvalue weighted by Crippen LogP contribution is 2.37. The lowest BCUT2D eigenvalue weighted by Gasteiger charge is -2.29. The summed E-state index contributed by atoms with van der Waals surface area (Å²) >= 11 is 0. The molecular formula is C19H21N3O4. The average Bonchev–Trinajstić information content (AvgIpc) is 3.48. The molecule has 1 N–H and O–H groups in total. The number of amides is 2. The van der Waals surface area contributed by atoms with Gasteiger partial charge < -0.3 is 10.1 Å². The molecule has 0 radical (unpaired) electrons. The Morgan fingerprint density at radius 1 is 1.27 bits per heavy atom. The first kappa shape index (κ1) is 17.7. The summed E-state index contributed by atoms with van der Waals surface area (Å²) in [5, 5.41) is 13.7. The number of hydrogen-bond acceptors (Lipinski definition) is 4. The highest BCUT2D eigenvalue weighted by atomic mass is 16.6. The van der Waals surface area contributed by atoms with Crippen molar-refractivity contribution in [1.29, 1.82) is 0 Å². The van der Waals surface area contributed by atoms with Gasteiger partial charge in [-0.15, -0.1) is 0 Å². The fourth-order valence-corrected chi connectivity index (χ4v) is 2.95. The van der Waals surface area contributed by atoms with E-state index in [2.05, 4.69) is 5.32 Å². The topological polar surface area (TPSA) is 84.7 Å². The summed E-state index contributed by atoms with van der Waals surface area (Å²) in [5.74, 6) is 1.18. The zero-order valence-corrected chi connectivity index (χ0v) is 14.7. The Hall–Kier alpha value is -3.09. The van der Waals surface area contributed by atoms with Crippen molar-refractivity contribution >= 4 is 23.1 Å². The third-order valence-electron chi connectivity index (χ3n) is 4.59. The van der Waals surface area contributed by atoms with Crippen LogP contribution < -0.4 is 15.0 Å². The number of nitrogens with zero attached hydrogens (tertiary/aromatic N) is 2. The van der Waals surface area contributed by atoms with Crippen LogP contribution in [0, 0.1) is 16.0 Å². The van der Waals surface area contributed by atoms with Gasteiger partial charge in [0.05, 0.1) is 12.0 Å². The first-order valence-electron chi connectivity index (χ1n) is 8.48. The van der Waals surface area contributed by atoms with Crippen LogP contribution in [0.4, 0.5) is 21.9 Å². The van der Waals surface area contributed by atoms with E-state index in [0.29, 0.717) is 17.4 Å². The van der Waals surface area contributed by atoms with Gasteiger partial charge in [-0.3, -0.25) is 15.0 Å². The summed E-state index contributed by atoms with van der Waals surface area (Å²) < 4.78 is 5.18. The van der Waals surface area contributed by atoms with E-state index in [1.54, 1.807) is 24.1 Å². The molecule has 3 rings (SSSR count). The lowest BCUT2D eigenvalue weighted by atomic mass is 10.1. The number of nitro benzene ring substituents is 1. The van der Waals surface area contributed by atoms with Crippen LogP contribution in [0.15, 0.2) is 48.5 Å². The molecule has 0 spiro atoms. The van der Waals surface area contributed by atoms with Crippen molar-refractivity contribution in [3.05, 3.63) is 58.6 Å². The van der Waals surface area contributed by atoms with Crippen molar-refractivity contribution in [2.24, 2.45) is 5.92 Å². The number of rotatable bonds is 6. The maximum atomic E-state index is 12.9. The van der Waals surface area contributed by atoms with Gasteiger partial charge in [0.25, 0.3) is 5.69 Å². The molecule has 2 aromatic rings. The van der Waals surface area contributed by atoms with Crippen molar-refractivity contribution < 1.29 is 14.5 Å². The summed E-state index contributed by atoms with van der Waals surface area (Å²) in [4.78, 5) is 25.1. The predicted molar refractivity (Wildman–Crippen MR) is 99.8 cm³/mol. The van der Waals surface area contributed by atoms with Crippen LogP contribution in [0.25, 0.3) is 0 Å². The standard InChI is InChI=1S/C19H21N3O4/c1-13(14-6-7-14)21(16-8-10-18(26-2)11-9-16)19(23)20-15-4-3-5-17(12-15)22(24)25/h3-5,8-14H,6-7H2,1-2H3,(H,20,23). The summed E-state index contributed by atoms with van der Waals surface area (Å²) in [6.07, 6.45) is 2.19. The molecular weight excluding hydrogens is 334 g/mol. The van der Waals surface area contributed by atoms with Gasteiger partial charge in [0.2, 0.25) is 0 Å². The molecule has 1 saturated carbocycles. The largest absolute Gasteiger partial charge is 0.497 e. The van der Waals surface area contributed by atoms with Crippen LogP contribution in [0.5, 0.6) is 5.75 Å². The van der Waals surface area contributed by atoms with Crippen LogP contribution >= 0.6 is 0 Å². The maximum Gasteiger partial charge on any atom is 0.326 e. The number of nitrogens with one attached hydrogen (secondary N) is 1. The van der Waals surface area contributed by atoms with Crippen molar-refractivity contribution in [2.45, 2.75) is 25.8 Å². The first-order chi connectivity index (χ1) is 12.5. The number of anilines is 2. The molecule has 1 fully saturated rings. The lowest BCUT2D eigenvalue weighted by Crippen LogP contribution is -2.42. The second-order valence-corrected chi connectivity index (χ2v) is 6.38. The van der Waals surface area contributed by atoms with Gasteiger partial charge >= 0.3 is 6.03 Å². The van der Waals surface area contributed by atoms with E-state index in [1.807, 2.05) is 31.2 Å². The quantitative estimate of drug-likeness (QED) is 0.613. The zero-order valence-electron chi connectivity index (χ0n) is 14.7. The van der Waals surface area contributed by atoms with Gasteiger partial charge in [0.15, 0.2) is 0 Å². The Balaban J connectivity index is 1.84. The van der Waals surface area contributed by atoms with E-state index in [9.17, 15) is 14.9 Å². The Kier molecular flexibility index (Phi) is 5.06. The SMILES string of the molecule is COc1ccc(N(C(=O)Nc2cccc([N+](=O)[O-])c2)C(C)C2CC2)cc1. The molecule has 1 atom stereocenters. The number of ether oxygens (including phenoxy) is 1. The van der Waals surface area contributed by atoms with Crippen LogP contribution in [0.3, 0.4) is 0 Å². The molecule has 0 saturated heterocycles. The summed E-state index contributed by atoms with van der Waals surface area (Å²) in [7, 11) is 1.59. The number of methoxy groups -OCH3 is 1. The fraction of sp³-hybridized carbons (Fsp3) is 0.316. The molecule has 136 valence electrons. The molecule has 2 aromatic carbocycles. The van der Waals surface area contributed by atoms with Gasteiger partial charge in [0.1, 0.15) is 5.75 Å². The van der Waals surface area contributed by atoms with Crippen molar-refractivity contribution in [3.63, 3.8) is 0 Å². The molecule has 0 aromatic heterocycles. The molecule has 1 unspecified atom stereocenters. The second kappa shape index (κ2) is 7.43. The van der Waals surface area contributed by atoms with Crippen LogP contribution in [-0.4, -0.2) is 24.1 Å². The number of nitro groups is 1. The fourth-order valence-electron chi connectivity index (χ4n) is 2.95. The summed E-state index contributed by atoms with van der Waals surface area (Å²) in [6.45, 7) is 2.02. The molecule has 1 aliphatic rings. The Labute approximate surface area is 151 Å². The van der Waals surface area contributed by atoms with E-state index < -0.39 is 4.92 Å². The van der Waals surface area contributed by atoms with Gasteiger partial charge in [-0.2, -0.15) is 0 Å². The molecule has 0 aliphatic heterocycles. The highest BCUT2D eigenvalue weighted by Gasteiger charge is 2.35. The lowest BCUT2D eigenvalue weighted by molar-refractivity contribution is -0.384. The smallest absolute Gasteiger partial charge is 0.326 e. The normalized spacial score (nSPS) is 14.4. The third-order valence-corrected chi connectivity index (χ3v) is 4.59. The van der Waals surface area contributed by atoms with Crippen molar-refractivity contribution in [2.75, 3.05) is 17.3 Å². The highest BCUT2D eigenvalue weighted by molar-refractivity contribution is 6.02. The number of urea groups is 1. The minimum absolute atomic E-state index is 0.0297. The first-order valence-corrected chi connectivity index (χ1v) is 8.48. The maximum absolute atomic E-state index is 12.9. The molecule has 2 amide bonds. The van der Waals surface area contributed by atoms with E-state index in [-0.39, 0.29) is 17.8 Å². The average molecular weight is 355 g/mol. The third kappa shape index (κ3) is 3.93. The Morgan fingerprint density at radius 3 is 2.54 bits per heavy atom. The molecule has 0 heterocycles.